The van der Waals surface area contributed by atoms with E-state index in [2.05, 4.69) is 10.4 Å². The summed E-state index contributed by atoms with van der Waals surface area (Å²) in [6.45, 7) is 1.85. The average Bonchev–Trinajstić information content (AvgIpc) is 2.61. The smallest absolute Gasteiger partial charge is 0.310 e. The highest BCUT2D eigenvalue weighted by molar-refractivity contribution is 5.36. The van der Waals surface area contributed by atoms with E-state index in [4.69, 9.17) is 0 Å². The summed E-state index contributed by atoms with van der Waals surface area (Å²) in [5.74, 6) is 0.263. The number of hydrogen-bond acceptors (Lipinski definition) is 4. The molecule has 0 amide bonds. The Morgan fingerprint density at radius 3 is 2.87 bits per heavy atom. The molecule has 1 aromatic heterocycles. The van der Waals surface area contributed by atoms with E-state index in [0.29, 0.717) is 0 Å². The first-order valence-electron chi connectivity index (χ1n) is 5.07. The molecule has 1 N–H and O–H groups in total. The van der Waals surface area contributed by atoms with Crippen LogP contribution in [0.2, 0.25) is 0 Å². The van der Waals surface area contributed by atoms with Crippen molar-refractivity contribution in [2.75, 3.05) is 13.1 Å². The quantitative estimate of drug-likeness (QED) is 0.578. The van der Waals surface area contributed by atoms with Crippen molar-refractivity contribution < 1.29 is 4.92 Å². The lowest BCUT2D eigenvalue weighted by molar-refractivity contribution is -0.385. The lowest BCUT2D eigenvalue weighted by Crippen LogP contribution is -2.27. The molecule has 0 saturated carbocycles. The molecule has 0 spiro atoms. The van der Waals surface area contributed by atoms with Gasteiger partial charge in [0.05, 0.1) is 4.92 Å². The Labute approximate surface area is 87.4 Å². The first-order chi connectivity index (χ1) is 7.20. The largest absolute Gasteiger partial charge is 0.317 e. The van der Waals surface area contributed by atoms with E-state index < -0.39 is 0 Å². The first kappa shape index (κ1) is 10.1. The van der Waals surface area contributed by atoms with Crippen LogP contribution in [0.15, 0.2) is 6.20 Å². The average molecular weight is 210 g/mol. The van der Waals surface area contributed by atoms with E-state index in [1.165, 1.54) is 6.20 Å². The van der Waals surface area contributed by atoms with E-state index in [0.717, 1.165) is 31.6 Å². The number of aryl methyl sites for hydroxylation is 1. The molecule has 6 nitrogen and oxygen atoms in total. The number of nitro groups is 1. The summed E-state index contributed by atoms with van der Waals surface area (Å²) in [5, 5.41) is 18.0. The molecule has 2 heterocycles. The number of piperidine rings is 1. The summed E-state index contributed by atoms with van der Waals surface area (Å²) in [4.78, 5) is 10.5. The minimum Gasteiger partial charge on any atom is -0.317 e. The molecular weight excluding hydrogens is 196 g/mol. The Bertz CT molecular complexity index is 368. The topological polar surface area (TPSA) is 73.0 Å². The predicted molar refractivity (Wildman–Crippen MR) is 54.7 cm³/mol. The van der Waals surface area contributed by atoms with Gasteiger partial charge in [-0.15, -0.1) is 0 Å². The van der Waals surface area contributed by atoms with Gasteiger partial charge in [-0.25, -0.2) is 0 Å². The van der Waals surface area contributed by atoms with Crippen LogP contribution in [0.4, 0.5) is 5.69 Å². The first-order valence-corrected chi connectivity index (χ1v) is 5.07. The molecule has 1 saturated heterocycles. The van der Waals surface area contributed by atoms with E-state index in [9.17, 15) is 10.1 Å². The molecular formula is C9H14N4O2. The summed E-state index contributed by atoms with van der Waals surface area (Å²) < 4.78 is 1.63. The molecule has 0 radical (unpaired) electrons. The fraction of sp³-hybridized carbons (Fsp3) is 0.667. The van der Waals surface area contributed by atoms with Crippen LogP contribution in [-0.4, -0.2) is 27.8 Å². The van der Waals surface area contributed by atoms with Crippen molar-refractivity contribution in [1.82, 2.24) is 15.1 Å². The monoisotopic (exact) mass is 210 g/mol. The van der Waals surface area contributed by atoms with Crippen molar-refractivity contribution >= 4 is 5.69 Å². The van der Waals surface area contributed by atoms with Gasteiger partial charge in [-0.2, -0.15) is 5.10 Å². The lowest BCUT2D eigenvalue weighted by atomic mass is 9.94. The van der Waals surface area contributed by atoms with Gasteiger partial charge in [0.25, 0.3) is 0 Å². The molecule has 1 fully saturated rings. The summed E-state index contributed by atoms with van der Waals surface area (Å²) in [6.07, 6.45) is 3.23. The highest BCUT2D eigenvalue weighted by Gasteiger charge is 2.27. The van der Waals surface area contributed by atoms with Crippen LogP contribution in [0.25, 0.3) is 0 Å². The Morgan fingerprint density at radius 2 is 2.27 bits per heavy atom. The normalized spacial score (nSPS) is 17.9. The number of nitrogens with zero attached hydrogens (tertiary/aromatic N) is 3. The van der Waals surface area contributed by atoms with Crippen molar-refractivity contribution in [2.45, 2.75) is 18.8 Å². The molecule has 1 aromatic rings. The van der Waals surface area contributed by atoms with Gasteiger partial charge in [0.15, 0.2) is 0 Å². The molecule has 0 aliphatic carbocycles. The number of nitrogens with one attached hydrogen (secondary N) is 1. The highest BCUT2D eigenvalue weighted by Crippen LogP contribution is 2.31. The zero-order valence-electron chi connectivity index (χ0n) is 8.64. The van der Waals surface area contributed by atoms with Crippen LogP contribution >= 0.6 is 0 Å². The Kier molecular flexibility index (Phi) is 2.68. The van der Waals surface area contributed by atoms with Gasteiger partial charge in [0.1, 0.15) is 11.9 Å². The standard InChI is InChI=1S/C9H14N4O2/c1-12-9(7-2-4-10-5-3-7)8(6-11-12)13(14)15/h6-7,10H,2-5H2,1H3. The van der Waals surface area contributed by atoms with E-state index in [-0.39, 0.29) is 16.5 Å². The molecule has 1 aliphatic heterocycles. The van der Waals surface area contributed by atoms with E-state index >= 15 is 0 Å². The van der Waals surface area contributed by atoms with Gasteiger partial charge in [0.2, 0.25) is 0 Å². The van der Waals surface area contributed by atoms with Crippen LogP contribution in [0, 0.1) is 10.1 Å². The summed E-state index contributed by atoms with van der Waals surface area (Å²) in [5.41, 5.74) is 0.922. The predicted octanol–water partition coefficient (Wildman–Crippen LogP) is 0.795. The van der Waals surface area contributed by atoms with Gasteiger partial charge >= 0.3 is 5.69 Å². The maximum Gasteiger partial charge on any atom is 0.310 e. The second-order valence-electron chi connectivity index (χ2n) is 3.82. The molecule has 0 atom stereocenters. The van der Waals surface area contributed by atoms with Crippen molar-refractivity contribution in [2.24, 2.45) is 7.05 Å². The summed E-state index contributed by atoms with van der Waals surface area (Å²) >= 11 is 0. The summed E-state index contributed by atoms with van der Waals surface area (Å²) in [6, 6.07) is 0. The second-order valence-corrected chi connectivity index (χ2v) is 3.82. The van der Waals surface area contributed by atoms with Gasteiger partial charge in [-0.3, -0.25) is 14.8 Å². The highest BCUT2D eigenvalue weighted by atomic mass is 16.6. The lowest BCUT2D eigenvalue weighted by Gasteiger charge is -2.22. The minimum atomic E-state index is -0.343. The molecule has 2 rings (SSSR count). The second kappa shape index (κ2) is 3.98. The SMILES string of the molecule is Cn1ncc([N+](=O)[O-])c1C1CCNCC1. The zero-order chi connectivity index (χ0) is 10.8. The van der Waals surface area contributed by atoms with E-state index in [1.54, 1.807) is 11.7 Å². The van der Waals surface area contributed by atoms with Crippen molar-refractivity contribution in [3.05, 3.63) is 22.0 Å². The van der Waals surface area contributed by atoms with Crippen LogP contribution in [0.3, 0.4) is 0 Å². The number of aromatic nitrogens is 2. The van der Waals surface area contributed by atoms with Gasteiger partial charge in [-0.05, 0) is 25.9 Å². The third-order valence-electron chi connectivity index (χ3n) is 2.89. The Hall–Kier alpha value is -1.43. The number of rotatable bonds is 2. The molecule has 82 valence electrons. The van der Waals surface area contributed by atoms with Crippen molar-refractivity contribution in [1.29, 1.82) is 0 Å². The Balaban J connectivity index is 2.32. The molecule has 0 aromatic carbocycles. The van der Waals surface area contributed by atoms with Gasteiger partial charge in [0, 0.05) is 13.0 Å². The molecule has 15 heavy (non-hydrogen) atoms. The maximum atomic E-state index is 10.8. The van der Waals surface area contributed by atoms with Crippen LogP contribution in [0.1, 0.15) is 24.5 Å². The molecule has 6 heteroatoms. The van der Waals surface area contributed by atoms with E-state index in [1.807, 2.05) is 0 Å². The van der Waals surface area contributed by atoms with Crippen molar-refractivity contribution in [3.63, 3.8) is 0 Å². The minimum absolute atomic E-state index is 0.157. The maximum absolute atomic E-state index is 10.8. The molecule has 1 aliphatic rings. The zero-order valence-corrected chi connectivity index (χ0v) is 8.64. The molecule has 0 bridgehead atoms. The fourth-order valence-corrected chi connectivity index (χ4v) is 2.14. The molecule has 0 unspecified atom stereocenters. The van der Waals surface area contributed by atoms with Crippen molar-refractivity contribution in [3.8, 4) is 0 Å². The van der Waals surface area contributed by atoms with Gasteiger partial charge in [-0.1, -0.05) is 0 Å². The third kappa shape index (κ3) is 1.85. The third-order valence-corrected chi connectivity index (χ3v) is 2.89. The summed E-state index contributed by atoms with van der Waals surface area (Å²) in [7, 11) is 1.77. The van der Waals surface area contributed by atoms with Crippen LogP contribution in [0.5, 0.6) is 0 Å². The van der Waals surface area contributed by atoms with Crippen LogP contribution in [-0.2, 0) is 7.05 Å². The number of hydrogen-bond donors (Lipinski definition) is 1. The van der Waals surface area contributed by atoms with Crippen LogP contribution < -0.4 is 5.32 Å². The fourth-order valence-electron chi connectivity index (χ4n) is 2.14. The Morgan fingerprint density at radius 1 is 1.60 bits per heavy atom. The van der Waals surface area contributed by atoms with Gasteiger partial charge < -0.3 is 5.32 Å².